The Morgan fingerprint density at radius 2 is 2.35 bits per heavy atom. The molecule has 2 aromatic rings. The summed E-state index contributed by atoms with van der Waals surface area (Å²) in [6.07, 6.45) is 4.83. The Balaban J connectivity index is 1.80. The van der Waals surface area contributed by atoms with Gasteiger partial charge in [-0.15, -0.1) is 0 Å². The average molecular weight is 274 g/mol. The van der Waals surface area contributed by atoms with Gasteiger partial charge in [-0.05, 0) is 32.8 Å². The molecule has 2 aromatic heterocycles. The molecule has 0 aromatic carbocycles. The zero-order valence-electron chi connectivity index (χ0n) is 11.7. The molecule has 0 spiro atoms. The van der Waals surface area contributed by atoms with Gasteiger partial charge in [0, 0.05) is 18.0 Å². The van der Waals surface area contributed by atoms with E-state index in [-0.39, 0.29) is 18.1 Å². The Labute approximate surface area is 117 Å². The van der Waals surface area contributed by atoms with Gasteiger partial charge in [0.05, 0.1) is 18.1 Å². The van der Waals surface area contributed by atoms with Gasteiger partial charge in [0.15, 0.2) is 5.65 Å². The second-order valence-electron chi connectivity index (χ2n) is 5.31. The van der Waals surface area contributed by atoms with Crippen LogP contribution < -0.4 is 5.32 Å². The molecule has 106 valence electrons. The summed E-state index contributed by atoms with van der Waals surface area (Å²) in [5, 5.41) is 8.08. The molecule has 3 rings (SSSR count). The van der Waals surface area contributed by atoms with Crippen LogP contribution in [0.2, 0.25) is 0 Å². The van der Waals surface area contributed by atoms with Crippen LogP contribution in [0, 0.1) is 0 Å². The number of ether oxygens (including phenoxy) is 1. The van der Waals surface area contributed by atoms with E-state index in [0.717, 1.165) is 23.9 Å². The fraction of sp³-hybridized carbons (Fsp3) is 0.500. The highest BCUT2D eigenvalue weighted by Gasteiger charge is 2.23. The quantitative estimate of drug-likeness (QED) is 0.931. The van der Waals surface area contributed by atoms with Crippen molar-refractivity contribution in [2.75, 3.05) is 11.9 Å². The number of anilines is 1. The molecule has 3 heterocycles. The zero-order valence-corrected chi connectivity index (χ0v) is 11.7. The number of carbonyl (C=O) groups excluding carboxylic acids is 1. The smallest absolute Gasteiger partial charge is 0.253 e. The van der Waals surface area contributed by atoms with E-state index in [4.69, 9.17) is 4.74 Å². The third kappa shape index (κ3) is 2.38. The molecule has 6 nitrogen and oxygen atoms in total. The second kappa shape index (κ2) is 5.20. The molecule has 1 fully saturated rings. The predicted octanol–water partition coefficient (Wildman–Crippen LogP) is 2.13. The summed E-state index contributed by atoms with van der Waals surface area (Å²) in [5.74, 6) is -0.0973. The van der Waals surface area contributed by atoms with Crippen LogP contribution in [0.25, 0.3) is 11.0 Å². The first-order valence-electron chi connectivity index (χ1n) is 6.91. The molecule has 1 aliphatic rings. The fourth-order valence-electron chi connectivity index (χ4n) is 2.39. The lowest BCUT2D eigenvalue weighted by atomic mass is 10.2. The van der Waals surface area contributed by atoms with Gasteiger partial charge >= 0.3 is 0 Å². The third-order valence-corrected chi connectivity index (χ3v) is 3.41. The van der Waals surface area contributed by atoms with E-state index in [0.29, 0.717) is 12.3 Å². The lowest BCUT2D eigenvalue weighted by Gasteiger charge is -2.10. The molecule has 1 atom stereocenters. The van der Waals surface area contributed by atoms with E-state index < -0.39 is 0 Å². The summed E-state index contributed by atoms with van der Waals surface area (Å²) in [5.41, 5.74) is 1.51. The van der Waals surface area contributed by atoms with Crippen LogP contribution in [0.15, 0.2) is 18.5 Å². The van der Waals surface area contributed by atoms with Gasteiger partial charge in [0.2, 0.25) is 0 Å². The normalized spacial score (nSPS) is 18.9. The van der Waals surface area contributed by atoms with E-state index in [1.807, 2.05) is 10.7 Å². The number of fused-ring (bicyclic) bond motifs is 1. The van der Waals surface area contributed by atoms with E-state index in [1.54, 1.807) is 12.4 Å². The topological polar surface area (TPSA) is 69.0 Å². The van der Waals surface area contributed by atoms with Crippen LogP contribution >= 0.6 is 0 Å². The Hall–Kier alpha value is -1.95. The minimum absolute atomic E-state index is 0.0973. The Morgan fingerprint density at radius 1 is 1.50 bits per heavy atom. The van der Waals surface area contributed by atoms with Gasteiger partial charge < -0.3 is 10.1 Å². The average Bonchev–Trinajstić information content (AvgIpc) is 3.07. The highest BCUT2D eigenvalue weighted by molar-refractivity contribution is 5.95. The zero-order chi connectivity index (χ0) is 14.1. The number of pyridine rings is 1. The second-order valence-corrected chi connectivity index (χ2v) is 5.31. The lowest BCUT2D eigenvalue weighted by Crippen LogP contribution is -2.26. The molecule has 0 radical (unpaired) electrons. The van der Waals surface area contributed by atoms with Crippen LogP contribution in [0.3, 0.4) is 0 Å². The van der Waals surface area contributed by atoms with Crippen molar-refractivity contribution in [2.24, 2.45) is 0 Å². The monoisotopic (exact) mass is 274 g/mol. The number of hydrogen-bond donors (Lipinski definition) is 1. The minimum Gasteiger partial charge on any atom is -0.368 e. The van der Waals surface area contributed by atoms with Crippen molar-refractivity contribution in [1.29, 1.82) is 0 Å². The third-order valence-electron chi connectivity index (χ3n) is 3.41. The van der Waals surface area contributed by atoms with Crippen molar-refractivity contribution in [3.63, 3.8) is 0 Å². The molecule has 1 N–H and O–H groups in total. The van der Waals surface area contributed by atoms with E-state index >= 15 is 0 Å². The molecular weight excluding hydrogens is 256 g/mol. The first kappa shape index (κ1) is 13.1. The van der Waals surface area contributed by atoms with Gasteiger partial charge in [-0.25, -0.2) is 9.67 Å². The van der Waals surface area contributed by atoms with Crippen LogP contribution in [0.1, 0.15) is 32.7 Å². The van der Waals surface area contributed by atoms with Crippen LogP contribution in [0.5, 0.6) is 0 Å². The molecule has 20 heavy (non-hydrogen) atoms. The number of hydrogen-bond acceptors (Lipinski definition) is 4. The van der Waals surface area contributed by atoms with Gasteiger partial charge in [-0.2, -0.15) is 5.10 Å². The number of nitrogens with zero attached hydrogens (tertiary/aromatic N) is 3. The van der Waals surface area contributed by atoms with Crippen LogP contribution in [-0.4, -0.2) is 33.4 Å². The first-order chi connectivity index (χ1) is 9.65. The number of nitrogens with one attached hydrogen (secondary N) is 1. The Bertz CT molecular complexity index is 629. The maximum absolute atomic E-state index is 12.0. The molecule has 1 unspecified atom stereocenters. The van der Waals surface area contributed by atoms with Crippen molar-refractivity contribution >= 4 is 22.6 Å². The van der Waals surface area contributed by atoms with Crippen molar-refractivity contribution in [1.82, 2.24) is 14.8 Å². The molecule has 1 saturated heterocycles. The molecule has 1 amide bonds. The van der Waals surface area contributed by atoms with Crippen LogP contribution in [-0.2, 0) is 9.53 Å². The van der Waals surface area contributed by atoms with Gasteiger partial charge in [-0.3, -0.25) is 4.79 Å². The van der Waals surface area contributed by atoms with E-state index in [1.165, 1.54) is 0 Å². The Kier molecular flexibility index (Phi) is 3.40. The maximum Gasteiger partial charge on any atom is 0.253 e. The van der Waals surface area contributed by atoms with Crippen molar-refractivity contribution in [3.8, 4) is 0 Å². The molecule has 0 bridgehead atoms. The summed E-state index contributed by atoms with van der Waals surface area (Å²) in [4.78, 5) is 16.4. The summed E-state index contributed by atoms with van der Waals surface area (Å²) in [7, 11) is 0. The number of carbonyl (C=O) groups is 1. The largest absolute Gasteiger partial charge is 0.368 e. The number of aromatic nitrogens is 3. The SMILES string of the molecule is CC(C)n1ncc2cc(NC(=O)C3CCCO3)cnc21. The minimum atomic E-state index is -0.330. The highest BCUT2D eigenvalue weighted by atomic mass is 16.5. The highest BCUT2D eigenvalue weighted by Crippen LogP contribution is 2.20. The summed E-state index contributed by atoms with van der Waals surface area (Å²) in [6.45, 7) is 4.78. The molecule has 0 saturated carbocycles. The number of rotatable bonds is 3. The van der Waals surface area contributed by atoms with Crippen LogP contribution in [0.4, 0.5) is 5.69 Å². The maximum atomic E-state index is 12.0. The summed E-state index contributed by atoms with van der Waals surface area (Å²) >= 11 is 0. The fourth-order valence-corrected chi connectivity index (χ4v) is 2.39. The van der Waals surface area contributed by atoms with E-state index in [9.17, 15) is 4.79 Å². The van der Waals surface area contributed by atoms with Gasteiger partial charge in [0.1, 0.15) is 6.10 Å². The Morgan fingerprint density at radius 3 is 3.05 bits per heavy atom. The number of amides is 1. The van der Waals surface area contributed by atoms with E-state index in [2.05, 4.69) is 29.2 Å². The molecular formula is C14H18N4O2. The summed E-state index contributed by atoms with van der Waals surface area (Å²) in [6, 6.07) is 2.15. The molecule has 6 heteroatoms. The lowest BCUT2D eigenvalue weighted by molar-refractivity contribution is -0.124. The standard InChI is InChI=1S/C14H18N4O2/c1-9(2)18-13-10(7-16-18)6-11(8-15-13)17-14(19)12-4-3-5-20-12/h6-9,12H,3-5H2,1-2H3,(H,17,19). The van der Waals surface area contributed by atoms with Crippen molar-refractivity contribution in [3.05, 3.63) is 18.5 Å². The molecule has 0 aliphatic carbocycles. The van der Waals surface area contributed by atoms with Crippen molar-refractivity contribution < 1.29 is 9.53 Å². The van der Waals surface area contributed by atoms with Gasteiger partial charge in [0.25, 0.3) is 5.91 Å². The summed E-state index contributed by atoms with van der Waals surface area (Å²) < 4.78 is 7.22. The van der Waals surface area contributed by atoms with Gasteiger partial charge in [-0.1, -0.05) is 0 Å². The predicted molar refractivity (Wildman–Crippen MR) is 75.5 cm³/mol. The van der Waals surface area contributed by atoms with Crippen molar-refractivity contribution in [2.45, 2.75) is 38.8 Å². The first-order valence-corrected chi connectivity index (χ1v) is 6.91. The molecule has 1 aliphatic heterocycles.